The van der Waals surface area contributed by atoms with Crippen LogP contribution < -0.4 is 10.1 Å². The maximum atomic E-state index is 12.2. The van der Waals surface area contributed by atoms with Gasteiger partial charge in [-0.25, -0.2) is 0 Å². The molecule has 1 fully saturated rings. The van der Waals surface area contributed by atoms with Crippen LogP contribution in [0.3, 0.4) is 0 Å². The summed E-state index contributed by atoms with van der Waals surface area (Å²) in [7, 11) is 0. The number of aryl methyl sites for hydroxylation is 1. The smallest absolute Gasteiger partial charge is 0.261 e. The molecular formula is C16H23NO2. The Labute approximate surface area is 115 Å². The van der Waals surface area contributed by atoms with Crippen molar-refractivity contribution in [3.05, 3.63) is 29.8 Å². The van der Waals surface area contributed by atoms with Crippen LogP contribution in [0.4, 0.5) is 0 Å². The van der Waals surface area contributed by atoms with E-state index in [-0.39, 0.29) is 12.0 Å². The van der Waals surface area contributed by atoms with Crippen molar-refractivity contribution in [2.24, 2.45) is 0 Å². The molecule has 0 aromatic heterocycles. The van der Waals surface area contributed by atoms with Gasteiger partial charge in [0.05, 0.1) is 0 Å². The predicted molar refractivity (Wildman–Crippen MR) is 76.3 cm³/mol. The van der Waals surface area contributed by atoms with Gasteiger partial charge in [-0.3, -0.25) is 4.79 Å². The number of carbonyl (C=O) groups excluding carboxylic acids is 1. The minimum atomic E-state index is -0.387. The zero-order chi connectivity index (χ0) is 13.7. The van der Waals surface area contributed by atoms with Gasteiger partial charge in [-0.2, -0.15) is 0 Å². The lowest BCUT2D eigenvalue weighted by atomic mass is 10.2. The summed E-state index contributed by atoms with van der Waals surface area (Å²) in [6.07, 6.45) is 4.95. The van der Waals surface area contributed by atoms with Crippen LogP contribution in [0.1, 0.15) is 44.6 Å². The van der Waals surface area contributed by atoms with Gasteiger partial charge < -0.3 is 10.1 Å². The molecule has 1 aliphatic carbocycles. The molecule has 1 N–H and O–H groups in total. The summed E-state index contributed by atoms with van der Waals surface area (Å²) in [4.78, 5) is 12.2. The number of rotatable bonds is 5. The van der Waals surface area contributed by atoms with Gasteiger partial charge in [-0.15, -0.1) is 0 Å². The summed E-state index contributed by atoms with van der Waals surface area (Å²) in [5.74, 6) is 0.827. The van der Waals surface area contributed by atoms with E-state index in [1.165, 1.54) is 12.8 Å². The molecule has 1 atom stereocenters. The van der Waals surface area contributed by atoms with E-state index in [1.807, 2.05) is 38.1 Å². The van der Waals surface area contributed by atoms with Crippen molar-refractivity contribution in [2.75, 3.05) is 0 Å². The van der Waals surface area contributed by atoms with Crippen LogP contribution in [-0.4, -0.2) is 18.1 Å². The van der Waals surface area contributed by atoms with Crippen molar-refractivity contribution in [3.63, 3.8) is 0 Å². The minimum absolute atomic E-state index is 0.0256. The van der Waals surface area contributed by atoms with Crippen molar-refractivity contribution in [1.82, 2.24) is 5.32 Å². The Morgan fingerprint density at radius 3 is 2.68 bits per heavy atom. The average Bonchev–Trinajstić information content (AvgIpc) is 2.90. The normalized spacial score (nSPS) is 17.2. The minimum Gasteiger partial charge on any atom is -0.480 e. The number of nitrogens with one attached hydrogen (secondary N) is 1. The zero-order valence-electron chi connectivity index (χ0n) is 11.8. The SMILES string of the molecule is CC[C@@H](Oc1ccccc1C)C(=O)NC1CCCC1. The van der Waals surface area contributed by atoms with Crippen molar-refractivity contribution in [3.8, 4) is 5.75 Å². The van der Waals surface area contributed by atoms with Crippen LogP contribution in [0, 0.1) is 6.92 Å². The Hall–Kier alpha value is -1.51. The molecule has 0 radical (unpaired) electrons. The quantitative estimate of drug-likeness (QED) is 0.884. The third kappa shape index (κ3) is 3.72. The summed E-state index contributed by atoms with van der Waals surface area (Å²) < 4.78 is 5.85. The molecular weight excluding hydrogens is 238 g/mol. The topological polar surface area (TPSA) is 38.3 Å². The Morgan fingerprint density at radius 1 is 1.37 bits per heavy atom. The predicted octanol–water partition coefficient (Wildman–Crippen LogP) is 3.21. The van der Waals surface area contributed by atoms with Gasteiger partial charge in [0.2, 0.25) is 0 Å². The average molecular weight is 261 g/mol. The standard InChI is InChI=1S/C16H23NO2/c1-3-14(16(18)17-13-9-5-6-10-13)19-15-11-7-4-8-12(15)2/h4,7-8,11,13-14H,3,5-6,9-10H2,1-2H3,(H,17,18)/t14-/m1/s1. The van der Waals surface area contributed by atoms with Crippen LogP contribution in [0.2, 0.25) is 0 Å². The first-order chi connectivity index (χ1) is 9.20. The largest absolute Gasteiger partial charge is 0.480 e. The van der Waals surface area contributed by atoms with Crippen LogP contribution in [-0.2, 0) is 4.79 Å². The van der Waals surface area contributed by atoms with Crippen LogP contribution in [0.15, 0.2) is 24.3 Å². The Bertz CT molecular complexity index is 425. The van der Waals surface area contributed by atoms with Crippen molar-refractivity contribution in [2.45, 2.75) is 58.1 Å². The number of hydrogen-bond donors (Lipinski definition) is 1. The molecule has 1 amide bonds. The highest BCUT2D eigenvalue weighted by Gasteiger charge is 2.23. The molecule has 2 rings (SSSR count). The second-order valence-electron chi connectivity index (χ2n) is 5.27. The van der Waals surface area contributed by atoms with E-state index in [1.54, 1.807) is 0 Å². The Morgan fingerprint density at radius 2 is 2.05 bits per heavy atom. The molecule has 0 unspecified atom stereocenters. The van der Waals surface area contributed by atoms with Gasteiger partial charge in [-0.05, 0) is 37.8 Å². The Balaban J connectivity index is 1.95. The fourth-order valence-electron chi connectivity index (χ4n) is 2.53. The van der Waals surface area contributed by atoms with E-state index in [2.05, 4.69) is 5.32 Å². The van der Waals surface area contributed by atoms with Crippen LogP contribution >= 0.6 is 0 Å². The summed E-state index contributed by atoms with van der Waals surface area (Å²) in [6.45, 7) is 3.98. The molecule has 3 nitrogen and oxygen atoms in total. The molecule has 1 aromatic rings. The lowest BCUT2D eigenvalue weighted by molar-refractivity contribution is -0.128. The van der Waals surface area contributed by atoms with E-state index in [0.29, 0.717) is 12.5 Å². The van der Waals surface area contributed by atoms with E-state index in [9.17, 15) is 4.79 Å². The maximum absolute atomic E-state index is 12.2. The third-order valence-corrected chi connectivity index (χ3v) is 3.73. The number of hydrogen-bond acceptors (Lipinski definition) is 2. The van der Waals surface area contributed by atoms with Gasteiger partial charge >= 0.3 is 0 Å². The summed E-state index contributed by atoms with van der Waals surface area (Å²) in [5.41, 5.74) is 1.06. The first kappa shape index (κ1) is 13.9. The molecule has 104 valence electrons. The second kappa shape index (κ2) is 6.60. The summed E-state index contributed by atoms with van der Waals surface area (Å²) in [6, 6.07) is 8.17. The molecule has 0 bridgehead atoms. The number of ether oxygens (including phenoxy) is 1. The lowest BCUT2D eigenvalue weighted by Gasteiger charge is -2.20. The molecule has 0 spiro atoms. The molecule has 3 heteroatoms. The van der Waals surface area contributed by atoms with Crippen molar-refractivity contribution >= 4 is 5.91 Å². The van der Waals surface area contributed by atoms with Gasteiger partial charge in [0, 0.05) is 6.04 Å². The number of benzene rings is 1. The fourth-order valence-corrected chi connectivity index (χ4v) is 2.53. The summed E-state index contributed by atoms with van der Waals surface area (Å²) >= 11 is 0. The lowest BCUT2D eigenvalue weighted by Crippen LogP contribution is -2.42. The number of amides is 1. The van der Waals surface area contributed by atoms with E-state index < -0.39 is 0 Å². The fraction of sp³-hybridized carbons (Fsp3) is 0.562. The molecule has 1 saturated carbocycles. The maximum Gasteiger partial charge on any atom is 0.261 e. The number of para-hydroxylation sites is 1. The van der Waals surface area contributed by atoms with Gasteiger partial charge in [-0.1, -0.05) is 38.0 Å². The van der Waals surface area contributed by atoms with E-state index >= 15 is 0 Å². The highest BCUT2D eigenvalue weighted by Crippen LogP contribution is 2.20. The van der Waals surface area contributed by atoms with Crippen LogP contribution in [0.5, 0.6) is 5.75 Å². The molecule has 1 aromatic carbocycles. The monoisotopic (exact) mass is 261 g/mol. The molecule has 0 heterocycles. The third-order valence-electron chi connectivity index (χ3n) is 3.73. The molecule has 19 heavy (non-hydrogen) atoms. The highest BCUT2D eigenvalue weighted by molar-refractivity contribution is 5.81. The number of carbonyl (C=O) groups is 1. The zero-order valence-corrected chi connectivity index (χ0v) is 11.8. The second-order valence-corrected chi connectivity index (χ2v) is 5.27. The van der Waals surface area contributed by atoms with E-state index in [0.717, 1.165) is 24.2 Å². The molecule has 1 aliphatic rings. The Kier molecular flexibility index (Phi) is 4.83. The highest BCUT2D eigenvalue weighted by atomic mass is 16.5. The van der Waals surface area contributed by atoms with Crippen molar-refractivity contribution < 1.29 is 9.53 Å². The summed E-state index contributed by atoms with van der Waals surface area (Å²) in [5, 5.41) is 3.11. The van der Waals surface area contributed by atoms with Gasteiger partial charge in [0.1, 0.15) is 5.75 Å². The molecule has 0 saturated heterocycles. The first-order valence-corrected chi connectivity index (χ1v) is 7.23. The van der Waals surface area contributed by atoms with Crippen molar-refractivity contribution in [1.29, 1.82) is 0 Å². The van der Waals surface area contributed by atoms with E-state index in [4.69, 9.17) is 4.74 Å². The molecule has 0 aliphatic heterocycles. The first-order valence-electron chi connectivity index (χ1n) is 7.23. The van der Waals surface area contributed by atoms with Gasteiger partial charge in [0.25, 0.3) is 5.91 Å². The van der Waals surface area contributed by atoms with Crippen LogP contribution in [0.25, 0.3) is 0 Å². The van der Waals surface area contributed by atoms with Gasteiger partial charge in [0.15, 0.2) is 6.10 Å².